The second kappa shape index (κ2) is 4.77. The van der Waals surface area contributed by atoms with Crippen LogP contribution in [0.15, 0.2) is 48.7 Å². The van der Waals surface area contributed by atoms with Crippen LogP contribution in [-0.4, -0.2) is 4.98 Å². The number of hydrogen-bond donors (Lipinski definition) is 1. The lowest BCUT2D eigenvalue weighted by Gasteiger charge is -2.07. The summed E-state index contributed by atoms with van der Waals surface area (Å²) in [5, 5.41) is 0. The molecule has 0 aliphatic carbocycles. The van der Waals surface area contributed by atoms with Gasteiger partial charge < -0.3 is 10.5 Å². The zero-order valence-corrected chi connectivity index (χ0v) is 9.13. The smallest absolute Gasteiger partial charge is 0.219 e. The van der Waals surface area contributed by atoms with E-state index in [0.717, 1.165) is 11.3 Å². The second-order valence-corrected chi connectivity index (χ2v) is 3.63. The lowest BCUT2D eigenvalue weighted by atomic mass is 10.2. The molecule has 0 aliphatic rings. The molecule has 16 heavy (non-hydrogen) atoms. The van der Waals surface area contributed by atoms with Crippen LogP contribution < -0.4 is 10.5 Å². The Morgan fingerprint density at radius 2 is 1.88 bits per heavy atom. The van der Waals surface area contributed by atoms with Crippen LogP contribution in [0.25, 0.3) is 0 Å². The summed E-state index contributed by atoms with van der Waals surface area (Å²) in [5.74, 6) is 1.36. The minimum atomic E-state index is -0.00160. The summed E-state index contributed by atoms with van der Waals surface area (Å²) in [4.78, 5) is 4.19. The summed E-state index contributed by atoms with van der Waals surface area (Å²) >= 11 is 0. The molecule has 0 spiro atoms. The van der Waals surface area contributed by atoms with Gasteiger partial charge in [0.2, 0.25) is 5.88 Å². The van der Waals surface area contributed by atoms with E-state index in [0.29, 0.717) is 5.88 Å². The Kier molecular flexibility index (Phi) is 3.17. The zero-order valence-electron chi connectivity index (χ0n) is 9.13. The highest BCUT2D eigenvalue weighted by molar-refractivity contribution is 5.28. The average molecular weight is 214 g/mol. The van der Waals surface area contributed by atoms with E-state index in [1.165, 1.54) is 0 Å². The maximum Gasteiger partial charge on any atom is 0.219 e. The summed E-state index contributed by atoms with van der Waals surface area (Å²) in [6.07, 6.45) is 1.74. The maximum absolute atomic E-state index is 5.74. The minimum absolute atomic E-state index is 0.00160. The van der Waals surface area contributed by atoms with Gasteiger partial charge in [-0.05, 0) is 24.6 Å². The first-order chi connectivity index (χ1) is 7.75. The van der Waals surface area contributed by atoms with E-state index in [9.17, 15) is 0 Å². The monoisotopic (exact) mass is 214 g/mol. The lowest BCUT2D eigenvalue weighted by Crippen LogP contribution is -2.05. The topological polar surface area (TPSA) is 48.1 Å². The second-order valence-electron chi connectivity index (χ2n) is 3.63. The van der Waals surface area contributed by atoms with Crippen LogP contribution in [0.3, 0.4) is 0 Å². The number of ether oxygens (including phenoxy) is 1. The van der Waals surface area contributed by atoms with Crippen LogP contribution in [0, 0.1) is 0 Å². The van der Waals surface area contributed by atoms with Gasteiger partial charge in [0.05, 0.1) is 0 Å². The fourth-order valence-corrected chi connectivity index (χ4v) is 1.33. The number of para-hydroxylation sites is 1. The number of rotatable bonds is 3. The predicted octanol–water partition coefficient (Wildman–Crippen LogP) is 2.89. The SMILES string of the molecule is C[C@H](N)c1ccc(Oc2ccccc2)nc1. The Labute approximate surface area is 94.9 Å². The molecular weight excluding hydrogens is 200 g/mol. The van der Waals surface area contributed by atoms with E-state index in [1.54, 1.807) is 6.20 Å². The van der Waals surface area contributed by atoms with E-state index in [-0.39, 0.29) is 6.04 Å². The van der Waals surface area contributed by atoms with Crippen LogP contribution in [0.5, 0.6) is 11.6 Å². The van der Waals surface area contributed by atoms with Gasteiger partial charge >= 0.3 is 0 Å². The van der Waals surface area contributed by atoms with E-state index >= 15 is 0 Å². The van der Waals surface area contributed by atoms with E-state index in [4.69, 9.17) is 10.5 Å². The highest BCUT2D eigenvalue weighted by Gasteiger charge is 2.01. The van der Waals surface area contributed by atoms with Crippen molar-refractivity contribution in [3.63, 3.8) is 0 Å². The van der Waals surface area contributed by atoms with Crippen molar-refractivity contribution in [1.82, 2.24) is 4.98 Å². The standard InChI is InChI=1S/C13H14N2O/c1-10(14)11-7-8-13(15-9-11)16-12-5-3-2-4-6-12/h2-10H,14H2,1H3/t10-/m0/s1. The van der Waals surface area contributed by atoms with Crippen LogP contribution in [0.2, 0.25) is 0 Å². The first kappa shape index (κ1) is 10.6. The van der Waals surface area contributed by atoms with Crippen molar-refractivity contribution in [2.24, 2.45) is 5.73 Å². The van der Waals surface area contributed by atoms with Crippen LogP contribution in [-0.2, 0) is 0 Å². The molecule has 0 amide bonds. The molecule has 0 bridgehead atoms. The van der Waals surface area contributed by atoms with Gasteiger partial charge in [-0.15, -0.1) is 0 Å². The van der Waals surface area contributed by atoms with Crippen molar-refractivity contribution >= 4 is 0 Å². The van der Waals surface area contributed by atoms with Crippen molar-refractivity contribution in [3.05, 3.63) is 54.2 Å². The molecule has 0 aliphatic heterocycles. The molecule has 1 atom stereocenters. The van der Waals surface area contributed by atoms with Gasteiger partial charge in [0.1, 0.15) is 5.75 Å². The third-order valence-electron chi connectivity index (χ3n) is 2.25. The summed E-state index contributed by atoms with van der Waals surface area (Å²) in [6, 6.07) is 13.3. The molecule has 0 radical (unpaired) electrons. The van der Waals surface area contributed by atoms with Crippen molar-refractivity contribution in [2.45, 2.75) is 13.0 Å². The number of aromatic nitrogens is 1. The largest absolute Gasteiger partial charge is 0.439 e. The third-order valence-corrected chi connectivity index (χ3v) is 2.25. The molecular formula is C13H14N2O. The molecule has 0 saturated carbocycles. The molecule has 0 fully saturated rings. The summed E-state index contributed by atoms with van der Waals surface area (Å²) < 4.78 is 5.56. The van der Waals surface area contributed by atoms with E-state index < -0.39 is 0 Å². The molecule has 1 aromatic carbocycles. The molecule has 3 nitrogen and oxygen atoms in total. The molecule has 0 unspecified atom stereocenters. The third kappa shape index (κ3) is 2.58. The van der Waals surface area contributed by atoms with Gasteiger partial charge in [-0.3, -0.25) is 0 Å². The fourth-order valence-electron chi connectivity index (χ4n) is 1.33. The normalized spacial score (nSPS) is 12.1. The van der Waals surface area contributed by atoms with Crippen LogP contribution >= 0.6 is 0 Å². The molecule has 3 heteroatoms. The Bertz CT molecular complexity index is 437. The Morgan fingerprint density at radius 3 is 2.44 bits per heavy atom. The maximum atomic E-state index is 5.74. The molecule has 1 aromatic heterocycles. The number of nitrogens with zero attached hydrogens (tertiary/aromatic N) is 1. The first-order valence-electron chi connectivity index (χ1n) is 5.20. The predicted molar refractivity (Wildman–Crippen MR) is 63.4 cm³/mol. The van der Waals surface area contributed by atoms with Crippen LogP contribution in [0.1, 0.15) is 18.5 Å². The molecule has 1 heterocycles. The molecule has 2 N–H and O–H groups in total. The van der Waals surface area contributed by atoms with Gasteiger partial charge in [-0.25, -0.2) is 4.98 Å². The molecule has 82 valence electrons. The van der Waals surface area contributed by atoms with Crippen molar-refractivity contribution in [2.75, 3.05) is 0 Å². The van der Waals surface area contributed by atoms with Gasteiger partial charge in [0.15, 0.2) is 0 Å². The fraction of sp³-hybridized carbons (Fsp3) is 0.154. The summed E-state index contributed by atoms with van der Waals surface area (Å²) in [6.45, 7) is 1.93. The average Bonchev–Trinajstić information content (AvgIpc) is 2.31. The van der Waals surface area contributed by atoms with Crippen molar-refractivity contribution in [3.8, 4) is 11.6 Å². The Morgan fingerprint density at radius 1 is 1.12 bits per heavy atom. The highest BCUT2D eigenvalue weighted by Crippen LogP contribution is 2.19. The van der Waals surface area contributed by atoms with Gasteiger partial charge in [0, 0.05) is 18.3 Å². The molecule has 0 saturated heterocycles. The molecule has 2 aromatic rings. The Hall–Kier alpha value is -1.87. The highest BCUT2D eigenvalue weighted by atomic mass is 16.5. The molecule has 2 rings (SSSR count). The number of nitrogens with two attached hydrogens (primary N) is 1. The summed E-state index contributed by atoms with van der Waals surface area (Å²) in [7, 11) is 0. The number of hydrogen-bond acceptors (Lipinski definition) is 3. The summed E-state index contributed by atoms with van der Waals surface area (Å²) in [5.41, 5.74) is 6.74. The van der Waals surface area contributed by atoms with Gasteiger partial charge in [0.25, 0.3) is 0 Å². The lowest BCUT2D eigenvalue weighted by molar-refractivity contribution is 0.462. The Balaban J connectivity index is 2.11. The van der Waals surface area contributed by atoms with E-state index in [2.05, 4.69) is 4.98 Å². The zero-order chi connectivity index (χ0) is 11.4. The minimum Gasteiger partial charge on any atom is -0.439 e. The number of pyridine rings is 1. The van der Waals surface area contributed by atoms with Crippen LogP contribution in [0.4, 0.5) is 0 Å². The quantitative estimate of drug-likeness (QED) is 0.854. The van der Waals surface area contributed by atoms with Gasteiger partial charge in [-0.2, -0.15) is 0 Å². The van der Waals surface area contributed by atoms with E-state index in [1.807, 2.05) is 49.4 Å². The van der Waals surface area contributed by atoms with Gasteiger partial charge in [-0.1, -0.05) is 24.3 Å². The van der Waals surface area contributed by atoms with Crippen molar-refractivity contribution < 1.29 is 4.74 Å². The van der Waals surface area contributed by atoms with Crippen molar-refractivity contribution in [1.29, 1.82) is 0 Å². The first-order valence-corrected chi connectivity index (χ1v) is 5.20. The number of benzene rings is 1.